The number of nitrogens with zero attached hydrogens (tertiary/aromatic N) is 1. The van der Waals surface area contributed by atoms with Gasteiger partial charge in [0.15, 0.2) is 5.96 Å². The maximum absolute atomic E-state index is 13.4. The van der Waals surface area contributed by atoms with Gasteiger partial charge >= 0.3 is 0 Å². The van der Waals surface area contributed by atoms with Gasteiger partial charge < -0.3 is 10.6 Å². The van der Waals surface area contributed by atoms with E-state index in [1.54, 1.807) is 25.2 Å². The van der Waals surface area contributed by atoms with Crippen molar-refractivity contribution in [1.29, 1.82) is 0 Å². The van der Waals surface area contributed by atoms with Crippen LogP contribution in [0.4, 0.5) is 4.39 Å². The van der Waals surface area contributed by atoms with Crippen LogP contribution in [-0.4, -0.2) is 46.5 Å². The molecule has 0 aliphatic heterocycles. The molecule has 1 aromatic carbocycles. The van der Waals surface area contributed by atoms with E-state index < -0.39 is 9.84 Å². The second-order valence-corrected chi connectivity index (χ2v) is 6.66. The molecule has 1 rings (SSSR count). The van der Waals surface area contributed by atoms with Crippen molar-refractivity contribution in [2.45, 2.75) is 6.42 Å². The Hall–Kier alpha value is -1.63. The van der Waals surface area contributed by atoms with Gasteiger partial charge in [-0.2, -0.15) is 0 Å². The first-order chi connectivity index (χ1) is 9.42. The minimum absolute atomic E-state index is 0.0427. The van der Waals surface area contributed by atoms with Crippen molar-refractivity contribution in [2.24, 2.45) is 4.99 Å². The fraction of sp³-hybridized carbons (Fsp3) is 0.462. The van der Waals surface area contributed by atoms with Crippen LogP contribution in [0.5, 0.6) is 0 Å². The molecule has 5 nitrogen and oxygen atoms in total. The quantitative estimate of drug-likeness (QED) is 0.595. The molecule has 2 N–H and O–H groups in total. The minimum Gasteiger partial charge on any atom is -0.356 e. The molecule has 0 aliphatic rings. The topological polar surface area (TPSA) is 70.6 Å². The van der Waals surface area contributed by atoms with E-state index in [9.17, 15) is 12.8 Å². The van der Waals surface area contributed by atoms with Crippen molar-refractivity contribution < 1.29 is 12.8 Å². The Bertz CT molecular complexity index is 558. The van der Waals surface area contributed by atoms with E-state index in [0.717, 1.165) is 0 Å². The van der Waals surface area contributed by atoms with Gasteiger partial charge in [0.25, 0.3) is 0 Å². The Kier molecular flexibility index (Phi) is 6.44. The molecule has 0 saturated heterocycles. The minimum atomic E-state index is -2.99. The highest BCUT2D eigenvalue weighted by molar-refractivity contribution is 7.90. The highest BCUT2D eigenvalue weighted by Gasteiger charge is 2.04. The molecule has 0 amide bonds. The van der Waals surface area contributed by atoms with E-state index >= 15 is 0 Å². The number of hydrogen-bond donors (Lipinski definition) is 2. The first-order valence-corrected chi connectivity index (χ1v) is 8.34. The van der Waals surface area contributed by atoms with Gasteiger partial charge in [0.1, 0.15) is 15.7 Å². The van der Waals surface area contributed by atoms with Gasteiger partial charge in [-0.05, 0) is 18.1 Å². The van der Waals surface area contributed by atoms with Crippen LogP contribution in [0.1, 0.15) is 5.56 Å². The summed E-state index contributed by atoms with van der Waals surface area (Å²) in [7, 11) is -1.40. The van der Waals surface area contributed by atoms with Crippen LogP contribution in [0.3, 0.4) is 0 Å². The lowest BCUT2D eigenvalue weighted by atomic mass is 10.1. The maximum atomic E-state index is 13.4. The highest BCUT2D eigenvalue weighted by atomic mass is 32.2. The zero-order valence-electron chi connectivity index (χ0n) is 11.7. The van der Waals surface area contributed by atoms with Crippen LogP contribution >= 0.6 is 0 Å². The van der Waals surface area contributed by atoms with Crippen molar-refractivity contribution in [2.75, 3.05) is 32.1 Å². The predicted molar refractivity (Wildman–Crippen MR) is 79.2 cm³/mol. The van der Waals surface area contributed by atoms with Crippen molar-refractivity contribution >= 4 is 15.8 Å². The van der Waals surface area contributed by atoms with E-state index in [-0.39, 0.29) is 18.1 Å². The smallest absolute Gasteiger partial charge is 0.191 e. The molecule has 0 radical (unpaired) electrons. The maximum Gasteiger partial charge on any atom is 0.191 e. The first kappa shape index (κ1) is 16.4. The standard InChI is InChI=1S/C13H20FN3O2S/c1-15-13(17-9-10-20(2,18)19)16-8-7-11-5-3-4-6-12(11)14/h3-6H,7-10H2,1-2H3,(H2,15,16,17). The first-order valence-electron chi connectivity index (χ1n) is 6.28. The van der Waals surface area contributed by atoms with Crippen LogP contribution in [0.25, 0.3) is 0 Å². The van der Waals surface area contributed by atoms with Gasteiger partial charge in [0.2, 0.25) is 0 Å². The second-order valence-electron chi connectivity index (χ2n) is 4.40. The van der Waals surface area contributed by atoms with Crippen molar-refractivity contribution in [3.05, 3.63) is 35.6 Å². The number of benzene rings is 1. The van der Waals surface area contributed by atoms with Gasteiger partial charge in [-0.15, -0.1) is 0 Å². The van der Waals surface area contributed by atoms with E-state index in [1.807, 2.05) is 0 Å². The molecule has 0 bridgehead atoms. The van der Waals surface area contributed by atoms with Gasteiger partial charge in [0, 0.05) is 26.4 Å². The van der Waals surface area contributed by atoms with Crippen LogP contribution in [0, 0.1) is 5.82 Å². The lowest BCUT2D eigenvalue weighted by molar-refractivity contribution is 0.599. The molecule has 20 heavy (non-hydrogen) atoms. The summed E-state index contributed by atoms with van der Waals surface area (Å²) in [4.78, 5) is 3.97. The largest absolute Gasteiger partial charge is 0.356 e. The summed E-state index contributed by atoms with van der Waals surface area (Å²) < 4.78 is 35.4. The summed E-state index contributed by atoms with van der Waals surface area (Å²) in [6.07, 6.45) is 1.71. The van der Waals surface area contributed by atoms with Crippen LogP contribution in [0.2, 0.25) is 0 Å². The normalized spacial score (nSPS) is 12.2. The second kappa shape index (κ2) is 7.84. The third kappa shape index (κ3) is 6.51. The summed E-state index contributed by atoms with van der Waals surface area (Å²) in [5.74, 6) is 0.320. The number of aliphatic imine (C=N–C) groups is 1. The lowest BCUT2D eigenvalue weighted by Crippen LogP contribution is -2.40. The van der Waals surface area contributed by atoms with Crippen LogP contribution in [-0.2, 0) is 16.3 Å². The third-order valence-corrected chi connectivity index (χ3v) is 3.58. The molecule has 0 heterocycles. The summed E-state index contributed by atoms with van der Waals surface area (Å²) in [5, 5.41) is 5.90. The number of guanidine groups is 1. The van der Waals surface area contributed by atoms with E-state index in [4.69, 9.17) is 0 Å². The van der Waals surface area contributed by atoms with E-state index in [2.05, 4.69) is 15.6 Å². The monoisotopic (exact) mass is 301 g/mol. The molecule has 0 unspecified atom stereocenters. The number of halogens is 1. The van der Waals surface area contributed by atoms with Crippen LogP contribution in [0.15, 0.2) is 29.3 Å². The Morgan fingerprint density at radius 2 is 1.90 bits per heavy atom. The molecule has 112 valence electrons. The molecular weight excluding hydrogens is 281 g/mol. The Labute approximate surface area is 119 Å². The Balaban J connectivity index is 2.34. The molecule has 0 atom stereocenters. The highest BCUT2D eigenvalue weighted by Crippen LogP contribution is 2.05. The predicted octanol–water partition coefficient (Wildman–Crippen LogP) is 0.578. The fourth-order valence-corrected chi connectivity index (χ4v) is 2.07. The molecule has 0 saturated carbocycles. The Morgan fingerprint density at radius 3 is 2.50 bits per heavy atom. The number of nitrogens with one attached hydrogen (secondary N) is 2. The number of hydrogen-bond acceptors (Lipinski definition) is 3. The summed E-state index contributed by atoms with van der Waals surface area (Å²) in [6, 6.07) is 6.60. The summed E-state index contributed by atoms with van der Waals surface area (Å²) >= 11 is 0. The number of rotatable bonds is 6. The van der Waals surface area contributed by atoms with Gasteiger partial charge in [0.05, 0.1) is 5.75 Å². The van der Waals surface area contributed by atoms with E-state index in [1.165, 1.54) is 12.3 Å². The summed E-state index contributed by atoms with van der Waals surface area (Å²) in [6.45, 7) is 0.803. The van der Waals surface area contributed by atoms with Gasteiger partial charge in [-0.1, -0.05) is 18.2 Å². The van der Waals surface area contributed by atoms with Crippen molar-refractivity contribution in [3.8, 4) is 0 Å². The molecular formula is C13H20FN3O2S. The number of sulfone groups is 1. The lowest BCUT2D eigenvalue weighted by Gasteiger charge is -2.11. The van der Waals surface area contributed by atoms with Crippen molar-refractivity contribution in [3.63, 3.8) is 0 Å². The zero-order chi connectivity index (χ0) is 15.0. The van der Waals surface area contributed by atoms with Gasteiger partial charge in [-0.25, -0.2) is 12.8 Å². The molecule has 0 aromatic heterocycles. The molecule has 0 spiro atoms. The van der Waals surface area contributed by atoms with Crippen LogP contribution < -0.4 is 10.6 Å². The third-order valence-electron chi connectivity index (χ3n) is 2.63. The van der Waals surface area contributed by atoms with Gasteiger partial charge in [-0.3, -0.25) is 4.99 Å². The fourth-order valence-electron chi connectivity index (χ4n) is 1.59. The molecule has 1 aromatic rings. The SMILES string of the molecule is CN=C(NCCc1ccccc1F)NCCS(C)(=O)=O. The van der Waals surface area contributed by atoms with Crippen molar-refractivity contribution in [1.82, 2.24) is 10.6 Å². The summed E-state index contributed by atoms with van der Waals surface area (Å²) in [5.41, 5.74) is 0.631. The average molecular weight is 301 g/mol. The molecule has 0 fully saturated rings. The van der Waals surface area contributed by atoms with E-state index in [0.29, 0.717) is 24.5 Å². The molecule has 0 aliphatic carbocycles. The zero-order valence-corrected chi connectivity index (χ0v) is 12.5. The molecule has 7 heteroatoms. The average Bonchev–Trinajstić information content (AvgIpc) is 2.37. The Morgan fingerprint density at radius 1 is 1.25 bits per heavy atom.